The van der Waals surface area contributed by atoms with E-state index in [1.807, 2.05) is 87.3 Å². The van der Waals surface area contributed by atoms with Crippen LogP contribution in [0.1, 0.15) is 41.5 Å². The first-order valence-electron chi connectivity index (χ1n) is 5.94. The van der Waals surface area contributed by atoms with Crippen LogP contribution >= 0.6 is 22.7 Å². The highest BCUT2D eigenvalue weighted by molar-refractivity contribution is 7.08. The predicted octanol–water partition coefficient (Wildman–Crippen LogP) is 6.57. The van der Waals surface area contributed by atoms with E-state index < -0.39 is 0 Å². The largest absolute Gasteiger partial charge is 0.152 e. The fourth-order valence-corrected chi connectivity index (χ4v) is 1.36. The Bertz CT molecular complexity index is 148. The molecule has 0 saturated carbocycles. The molecule has 2 heterocycles. The third kappa shape index (κ3) is 23.3. The molecule has 16 heavy (non-hydrogen) atoms. The molecular weight excluding hydrogens is 232 g/mol. The van der Waals surface area contributed by atoms with E-state index in [-0.39, 0.29) is 0 Å². The van der Waals surface area contributed by atoms with Crippen molar-refractivity contribution in [1.29, 1.82) is 0 Å². The van der Waals surface area contributed by atoms with Gasteiger partial charge in [0.25, 0.3) is 0 Å². The molecule has 0 N–H and O–H groups in total. The lowest BCUT2D eigenvalue weighted by Gasteiger charge is -1.39. The standard InChI is InChI=1S/2C4H4S.3C2H6/c2*1-2-4-5-3-1;3*1-2/h2*1-4H;3*1-2H3. The van der Waals surface area contributed by atoms with Crippen LogP contribution < -0.4 is 0 Å². The van der Waals surface area contributed by atoms with Crippen molar-refractivity contribution in [2.24, 2.45) is 0 Å². The van der Waals surface area contributed by atoms with Gasteiger partial charge in [0.1, 0.15) is 0 Å². The minimum Gasteiger partial charge on any atom is -0.152 e. The molecular formula is C14H26S2. The van der Waals surface area contributed by atoms with E-state index in [1.165, 1.54) is 0 Å². The molecule has 0 radical (unpaired) electrons. The maximum absolute atomic E-state index is 2.04. The summed E-state index contributed by atoms with van der Waals surface area (Å²) in [5, 5.41) is 8.17. The topological polar surface area (TPSA) is 0 Å². The average molecular weight is 258 g/mol. The summed E-state index contributed by atoms with van der Waals surface area (Å²) in [6.45, 7) is 12.0. The summed E-state index contributed by atoms with van der Waals surface area (Å²) < 4.78 is 0. The fraction of sp³-hybridized carbons (Fsp3) is 0.429. The van der Waals surface area contributed by atoms with E-state index in [2.05, 4.69) is 0 Å². The van der Waals surface area contributed by atoms with Gasteiger partial charge in [-0.3, -0.25) is 0 Å². The van der Waals surface area contributed by atoms with Crippen molar-refractivity contribution in [2.75, 3.05) is 0 Å². The molecule has 2 aromatic heterocycles. The van der Waals surface area contributed by atoms with Crippen LogP contribution in [0.25, 0.3) is 0 Å². The van der Waals surface area contributed by atoms with Crippen LogP contribution in [-0.2, 0) is 0 Å². The Kier molecular flexibility index (Phi) is 38.0. The van der Waals surface area contributed by atoms with E-state index in [9.17, 15) is 0 Å². The van der Waals surface area contributed by atoms with Gasteiger partial charge < -0.3 is 0 Å². The summed E-state index contributed by atoms with van der Waals surface area (Å²) >= 11 is 3.43. The van der Waals surface area contributed by atoms with Gasteiger partial charge in [0, 0.05) is 0 Å². The van der Waals surface area contributed by atoms with E-state index in [0.717, 1.165) is 0 Å². The normalized spacial score (nSPS) is 6.12. The Morgan fingerprint density at radius 3 is 0.688 bits per heavy atom. The molecule has 2 heteroatoms. The molecule has 0 aliphatic rings. The summed E-state index contributed by atoms with van der Waals surface area (Å²) in [6, 6.07) is 8.07. The SMILES string of the molecule is CC.CC.CC.c1ccsc1.c1ccsc1. The molecule has 0 aliphatic heterocycles. The van der Waals surface area contributed by atoms with Crippen LogP contribution in [0, 0.1) is 0 Å². The maximum Gasteiger partial charge on any atom is -0.00934 e. The van der Waals surface area contributed by atoms with Gasteiger partial charge in [0.2, 0.25) is 0 Å². The van der Waals surface area contributed by atoms with Crippen LogP contribution in [0.5, 0.6) is 0 Å². The van der Waals surface area contributed by atoms with Crippen molar-refractivity contribution < 1.29 is 0 Å². The minimum atomic E-state index is 1.71. The molecule has 0 atom stereocenters. The maximum atomic E-state index is 2.04. The number of hydrogen-bond donors (Lipinski definition) is 0. The Balaban J connectivity index is -0.000000146. The Labute approximate surface area is 110 Å². The minimum absolute atomic E-state index is 1.71. The highest BCUT2D eigenvalue weighted by Crippen LogP contribution is 1.92. The summed E-state index contributed by atoms with van der Waals surface area (Å²) in [7, 11) is 0. The lowest BCUT2D eigenvalue weighted by Crippen LogP contribution is -1.16. The van der Waals surface area contributed by atoms with Gasteiger partial charge in [-0.1, -0.05) is 65.8 Å². The second-order valence-corrected chi connectivity index (χ2v) is 3.22. The summed E-state index contributed by atoms with van der Waals surface area (Å²) in [4.78, 5) is 0. The molecule has 0 saturated heterocycles. The summed E-state index contributed by atoms with van der Waals surface area (Å²) in [6.07, 6.45) is 0. The Hall–Kier alpha value is -0.600. The molecule has 0 unspecified atom stereocenters. The van der Waals surface area contributed by atoms with Gasteiger partial charge >= 0.3 is 0 Å². The zero-order chi connectivity index (χ0) is 13.1. The second-order valence-electron chi connectivity index (χ2n) is 1.59. The highest BCUT2D eigenvalue weighted by atomic mass is 32.1. The van der Waals surface area contributed by atoms with Gasteiger partial charge in [-0.25, -0.2) is 0 Å². The molecule has 0 bridgehead atoms. The average Bonchev–Trinajstić information content (AvgIpc) is 3.14. The quantitative estimate of drug-likeness (QED) is 0.501. The van der Waals surface area contributed by atoms with Gasteiger partial charge in [0.05, 0.1) is 0 Å². The van der Waals surface area contributed by atoms with Gasteiger partial charge in [-0.05, 0) is 21.5 Å². The van der Waals surface area contributed by atoms with E-state index >= 15 is 0 Å². The van der Waals surface area contributed by atoms with Gasteiger partial charge in [-0.2, -0.15) is 22.7 Å². The molecule has 2 aromatic rings. The first kappa shape index (κ1) is 20.8. The first-order valence-corrected chi connectivity index (χ1v) is 7.83. The Morgan fingerprint density at radius 2 is 0.625 bits per heavy atom. The van der Waals surface area contributed by atoms with Crippen LogP contribution in [0.3, 0.4) is 0 Å². The molecule has 2 rings (SSSR count). The zero-order valence-electron chi connectivity index (χ0n) is 11.4. The molecule has 0 amide bonds. The first-order chi connectivity index (χ1) is 8.00. The molecule has 0 nitrogen and oxygen atoms in total. The third-order valence-corrected chi connectivity index (χ3v) is 2.11. The second kappa shape index (κ2) is 29.3. The highest BCUT2D eigenvalue weighted by Gasteiger charge is 1.59. The van der Waals surface area contributed by atoms with Crippen molar-refractivity contribution in [3.05, 3.63) is 45.8 Å². The fourth-order valence-electron chi connectivity index (χ4n) is 0.454. The van der Waals surface area contributed by atoms with Crippen molar-refractivity contribution in [1.82, 2.24) is 0 Å². The van der Waals surface area contributed by atoms with E-state index in [0.29, 0.717) is 0 Å². The molecule has 0 fully saturated rings. The van der Waals surface area contributed by atoms with Crippen LogP contribution in [0.15, 0.2) is 45.8 Å². The molecule has 0 aliphatic carbocycles. The molecule has 0 spiro atoms. The number of thiophene rings is 2. The smallest absolute Gasteiger partial charge is 0.00934 e. The van der Waals surface area contributed by atoms with Crippen LogP contribution in [0.2, 0.25) is 0 Å². The summed E-state index contributed by atoms with van der Waals surface area (Å²) in [5.74, 6) is 0. The monoisotopic (exact) mass is 258 g/mol. The van der Waals surface area contributed by atoms with E-state index in [1.54, 1.807) is 22.7 Å². The Morgan fingerprint density at radius 1 is 0.438 bits per heavy atom. The van der Waals surface area contributed by atoms with Crippen molar-refractivity contribution in [3.63, 3.8) is 0 Å². The van der Waals surface area contributed by atoms with E-state index in [4.69, 9.17) is 0 Å². The van der Waals surface area contributed by atoms with Gasteiger partial charge in [-0.15, -0.1) is 0 Å². The number of hydrogen-bond acceptors (Lipinski definition) is 2. The number of rotatable bonds is 0. The van der Waals surface area contributed by atoms with Crippen LogP contribution in [-0.4, -0.2) is 0 Å². The van der Waals surface area contributed by atoms with Crippen molar-refractivity contribution in [2.45, 2.75) is 41.5 Å². The predicted molar refractivity (Wildman–Crippen MR) is 82.7 cm³/mol. The van der Waals surface area contributed by atoms with Crippen LogP contribution in [0.4, 0.5) is 0 Å². The van der Waals surface area contributed by atoms with Crippen molar-refractivity contribution in [3.8, 4) is 0 Å². The van der Waals surface area contributed by atoms with Gasteiger partial charge in [0.15, 0.2) is 0 Å². The molecule has 0 aromatic carbocycles. The summed E-state index contributed by atoms with van der Waals surface area (Å²) in [5.41, 5.74) is 0. The molecule has 94 valence electrons. The van der Waals surface area contributed by atoms with Crippen molar-refractivity contribution >= 4 is 22.7 Å². The lowest BCUT2D eigenvalue weighted by atomic mass is 10.7. The zero-order valence-corrected chi connectivity index (χ0v) is 13.1. The third-order valence-electron chi connectivity index (χ3n) is 0.851. The lowest BCUT2D eigenvalue weighted by molar-refractivity contribution is 1.50.